The van der Waals surface area contributed by atoms with E-state index in [1.807, 2.05) is 17.0 Å². The van der Waals surface area contributed by atoms with Crippen LogP contribution in [0, 0.1) is 18.3 Å². The zero-order chi connectivity index (χ0) is 26.9. The van der Waals surface area contributed by atoms with E-state index < -0.39 is 0 Å². The molecule has 198 valence electrons. The van der Waals surface area contributed by atoms with E-state index in [0.717, 1.165) is 60.6 Å². The summed E-state index contributed by atoms with van der Waals surface area (Å²) in [6.45, 7) is 7.45. The highest BCUT2D eigenvalue weighted by Gasteiger charge is 2.28. The van der Waals surface area contributed by atoms with E-state index in [-0.39, 0.29) is 5.91 Å². The number of hydrogen-bond donors (Lipinski definition) is 0. The van der Waals surface area contributed by atoms with Crippen molar-refractivity contribution in [1.29, 1.82) is 5.26 Å². The average Bonchev–Trinajstić information content (AvgIpc) is 3.23. The molecule has 0 spiro atoms. The maximum Gasteiger partial charge on any atom is 0.272 e. The van der Waals surface area contributed by atoms with Crippen LogP contribution in [0.15, 0.2) is 60.7 Å². The molecule has 0 saturated carbocycles. The third-order valence-electron chi connectivity index (χ3n) is 8.29. The fraction of sp³-hybridized carbons (Fsp3) is 0.344. The first-order chi connectivity index (χ1) is 19.0. The summed E-state index contributed by atoms with van der Waals surface area (Å²) in [7, 11) is 2.09. The van der Waals surface area contributed by atoms with Gasteiger partial charge in [0.1, 0.15) is 5.69 Å². The largest absolute Gasteiger partial charge is 0.350 e. The summed E-state index contributed by atoms with van der Waals surface area (Å²) >= 11 is 0. The number of nitriles is 1. The maximum absolute atomic E-state index is 13.8. The molecule has 0 atom stereocenters. The number of benzene rings is 2. The number of rotatable bonds is 5. The number of nitrogens with zero attached hydrogens (tertiary/aromatic N) is 6. The SMILES string of the molecule is Cc1c(CC#N)c2cc(C(=O)N3CCN(C)CC3)nc(N3CCc4ccccc4C3)c2n1Cc1ccccc1. The number of pyridine rings is 1. The average molecular weight is 519 g/mol. The van der Waals surface area contributed by atoms with Crippen LogP contribution in [-0.4, -0.2) is 65.0 Å². The van der Waals surface area contributed by atoms with Gasteiger partial charge in [-0.25, -0.2) is 4.98 Å². The van der Waals surface area contributed by atoms with Crippen LogP contribution in [0.3, 0.4) is 0 Å². The third-order valence-corrected chi connectivity index (χ3v) is 8.29. The van der Waals surface area contributed by atoms with E-state index in [0.29, 0.717) is 31.7 Å². The van der Waals surface area contributed by atoms with Crippen molar-refractivity contribution >= 4 is 22.6 Å². The Balaban J connectivity index is 1.53. The molecule has 0 radical (unpaired) electrons. The van der Waals surface area contributed by atoms with Crippen LogP contribution in [0.2, 0.25) is 0 Å². The number of anilines is 1. The summed E-state index contributed by atoms with van der Waals surface area (Å²) in [4.78, 5) is 25.4. The van der Waals surface area contributed by atoms with Gasteiger partial charge in [0.25, 0.3) is 5.91 Å². The molecule has 0 N–H and O–H groups in total. The Morgan fingerprint density at radius 1 is 0.974 bits per heavy atom. The Hall–Kier alpha value is -4.15. The lowest BCUT2D eigenvalue weighted by atomic mass is 9.99. The van der Waals surface area contributed by atoms with Crippen LogP contribution in [0.1, 0.15) is 38.4 Å². The number of fused-ring (bicyclic) bond motifs is 2. The summed E-state index contributed by atoms with van der Waals surface area (Å²) < 4.78 is 2.30. The predicted octanol–water partition coefficient (Wildman–Crippen LogP) is 4.41. The molecule has 6 rings (SSSR count). The minimum Gasteiger partial charge on any atom is -0.350 e. The van der Waals surface area contributed by atoms with Gasteiger partial charge in [0.05, 0.1) is 18.0 Å². The number of amides is 1. The first-order valence-electron chi connectivity index (χ1n) is 13.8. The molecular formula is C32H34N6O. The van der Waals surface area contributed by atoms with Crippen molar-refractivity contribution in [3.05, 3.63) is 94.3 Å². The van der Waals surface area contributed by atoms with Crippen molar-refractivity contribution in [1.82, 2.24) is 19.4 Å². The predicted molar refractivity (Wildman–Crippen MR) is 154 cm³/mol. The number of carbonyl (C=O) groups is 1. The number of piperazine rings is 1. The highest BCUT2D eigenvalue weighted by Crippen LogP contribution is 2.36. The first-order valence-corrected chi connectivity index (χ1v) is 13.8. The van der Waals surface area contributed by atoms with E-state index in [1.165, 1.54) is 16.7 Å². The van der Waals surface area contributed by atoms with Crippen molar-refractivity contribution in [2.24, 2.45) is 0 Å². The van der Waals surface area contributed by atoms with Crippen molar-refractivity contribution in [2.45, 2.75) is 32.9 Å². The fourth-order valence-corrected chi connectivity index (χ4v) is 5.99. The summed E-state index contributed by atoms with van der Waals surface area (Å²) in [5, 5.41) is 10.7. The molecule has 4 aromatic rings. The van der Waals surface area contributed by atoms with E-state index in [9.17, 15) is 10.1 Å². The van der Waals surface area contributed by atoms with Gasteiger partial charge in [0.15, 0.2) is 5.82 Å². The van der Waals surface area contributed by atoms with Gasteiger partial charge in [-0.15, -0.1) is 0 Å². The molecule has 1 amide bonds. The summed E-state index contributed by atoms with van der Waals surface area (Å²) in [6.07, 6.45) is 1.22. The van der Waals surface area contributed by atoms with Crippen molar-refractivity contribution < 1.29 is 4.79 Å². The molecule has 0 aliphatic carbocycles. The van der Waals surface area contributed by atoms with Crippen LogP contribution in [0.4, 0.5) is 5.82 Å². The zero-order valence-corrected chi connectivity index (χ0v) is 22.7. The Labute approximate surface area is 229 Å². The van der Waals surface area contributed by atoms with E-state index in [2.05, 4.69) is 82.9 Å². The highest BCUT2D eigenvalue weighted by atomic mass is 16.2. The lowest BCUT2D eigenvalue weighted by Crippen LogP contribution is -2.47. The van der Waals surface area contributed by atoms with Gasteiger partial charge in [-0.05, 0) is 48.7 Å². The zero-order valence-electron chi connectivity index (χ0n) is 22.7. The van der Waals surface area contributed by atoms with Gasteiger partial charge in [0, 0.05) is 56.9 Å². The van der Waals surface area contributed by atoms with Crippen LogP contribution in [0.25, 0.3) is 10.9 Å². The lowest BCUT2D eigenvalue weighted by molar-refractivity contribution is 0.0658. The number of likely N-dealkylation sites (N-methyl/N-ethyl adjacent to an activating group) is 1. The summed E-state index contributed by atoms with van der Waals surface area (Å²) in [5.41, 5.74) is 7.37. The molecule has 4 heterocycles. The fourth-order valence-electron chi connectivity index (χ4n) is 5.99. The summed E-state index contributed by atoms with van der Waals surface area (Å²) in [6, 6.07) is 23.3. The minimum atomic E-state index is -0.0278. The lowest BCUT2D eigenvalue weighted by Gasteiger charge is -2.33. The quantitative estimate of drug-likeness (QED) is 0.392. The molecule has 7 nitrogen and oxygen atoms in total. The standard InChI is InChI=1S/C32H34N6O/c1-23-27(12-14-33)28-20-29(32(39)36-18-16-35(2)17-19-36)34-31(30(28)38(23)21-24-8-4-3-5-9-24)37-15-13-25-10-6-7-11-26(25)22-37/h3-11,20H,12-13,15-19,21-22H2,1-2H3. The molecule has 39 heavy (non-hydrogen) atoms. The summed E-state index contributed by atoms with van der Waals surface area (Å²) in [5.74, 6) is 0.808. The highest BCUT2D eigenvalue weighted by molar-refractivity contribution is 6.01. The van der Waals surface area contributed by atoms with Gasteiger partial charge in [-0.1, -0.05) is 54.6 Å². The van der Waals surface area contributed by atoms with Gasteiger partial charge >= 0.3 is 0 Å². The minimum absolute atomic E-state index is 0.0278. The van der Waals surface area contributed by atoms with Crippen molar-refractivity contribution in [3.8, 4) is 6.07 Å². The smallest absolute Gasteiger partial charge is 0.272 e. The Kier molecular flexibility index (Phi) is 6.80. The van der Waals surface area contributed by atoms with Crippen LogP contribution in [-0.2, 0) is 25.9 Å². The molecular weight excluding hydrogens is 484 g/mol. The van der Waals surface area contributed by atoms with E-state index in [1.54, 1.807) is 0 Å². The maximum atomic E-state index is 13.8. The van der Waals surface area contributed by atoms with Crippen LogP contribution < -0.4 is 4.90 Å². The van der Waals surface area contributed by atoms with Crippen LogP contribution >= 0.6 is 0 Å². The van der Waals surface area contributed by atoms with Gasteiger partial charge in [0.2, 0.25) is 0 Å². The third kappa shape index (κ3) is 4.77. The number of carbonyl (C=O) groups excluding carboxylic acids is 1. The topological polar surface area (TPSA) is 68.4 Å². The van der Waals surface area contributed by atoms with Crippen molar-refractivity contribution in [2.75, 3.05) is 44.7 Å². The Morgan fingerprint density at radius 2 is 1.69 bits per heavy atom. The molecule has 1 fully saturated rings. The Morgan fingerprint density at radius 3 is 2.44 bits per heavy atom. The monoisotopic (exact) mass is 518 g/mol. The normalized spacial score (nSPS) is 15.8. The molecule has 7 heteroatoms. The van der Waals surface area contributed by atoms with Gasteiger partial charge in [-0.3, -0.25) is 4.79 Å². The van der Waals surface area contributed by atoms with E-state index in [4.69, 9.17) is 4.98 Å². The van der Waals surface area contributed by atoms with Gasteiger partial charge in [-0.2, -0.15) is 5.26 Å². The molecule has 1 saturated heterocycles. The number of aromatic nitrogens is 2. The first kappa shape index (κ1) is 25.1. The Bertz CT molecular complexity index is 1560. The molecule has 0 unspecified atom stereocenters. The second-order valence-corrected chi connectivity index (χ2v) is 10.7. The van der Waals surface area contributed by atoms with Crippen LogP contribution in [0.5, 0.6) is 0 Å². The second-order valence-electron chi connectivity index (χ2n) is 10.7. The van der Waals surface area contributed by atoms with Gasteiger partial charge < -0.3 is 19.3 Å². The second kappa shape index (κ2) is 10.5. The molecule has 2 aromatic heterocycles. The molecule has 2 aliphatic rings. The molecule has 0 bridgehead atoms. The molecule has 2 aliphatic heterocycles. The number of hydrogen-bond acceptors (Lipinski definition) is 5. The molecule has 2 aromatic carbocycles. The van der Waals surface area contributed by atoms with E-state index >= 15 is 0 Å². The van der Waals surface area contributed by atoms with Crippen molar-refractivity contribution in [3.63, 3.8) is 0 Å².